The molecular weight excluding hydrogens is 486 g/mol. The van der Waals surface area contributed by atoms with Gasteiger partial charge in [0.1, 0.15) is 18.1 Å². The number of aromatic amines is 1. The summed E-state index contributed by atoms with van der Waals surface area (Å²) in [4.78, 5) is 63.8. The summed E-state index contributed by atoms with van der Waals surface area (Å²) in [6, 6.07) is 2.03. The quantitative estimate of drug-likeness (QED) is 0.154. The van der Waals surface area contributed by atoms with E-state index >= 15 is 0 Å². The Kier molecular flexibility index (Phi) is 10.6. The van der Waals surface area contributed by atoms with Gasteiger partial charge in [-0.3, -0.25) is 19.2 Å². The van der Waals surface area contributed by atoms with Crippen molar-refractivity contribution in [2.75, 3.05) is 6.61 Å². The van der Waals surface area contributed by atoms with Crippen molar-refractivity contribution in [3.63, 3.8) is 0 Å². The fourth-order valence-electron chi connectivity index (χ4n) is 3.73. The maximum absolute atomic E-state index is 13.0. The second-order valence-corrected chi connectivity index (χ2v) is 9.10. The van der Waals surface area contributed by atoms with E-state index in [0.29, 0.717) is 0 Å². The number of carboxylic acid groups (broad SMARTS) is 2. The highest BCUT2D eigenvalue weighted by atomic mass is 16.4. The Balaban J connectivity index is 2.12. The molecule has 13 nitrogen and oxygen atoms in total. The number of para-hydroxylation sites is 1. The van der Waals surface area contributed by atoms with Crippen LogP contribution in [0.25, 0.3) is 10.9 Å². The molecule has 0 aliphatic heterocycles. The molecule has 0 fully saturated rings. The number of amides is 3. The predicted octanol–water partition coefficient (Wildman–Crippen LogP) is -0.910. The third-order valence-electron chi connectivity index (χ3n) is 5.60. The van der Waals surface area contributed by atoms with Gasteiger partial charge in [-0.1, -0.05) is 32.0 Å². The number of aliphatic carboxylic acids is 2. The van der Waals surface area contributed by atoms with Crippen LogP contribution in [0.5, 0.6) is 0 Å². The van der Waals surface area contributed by atoms with Crippen molar-refractivity contribution in [3.05, 3.63) is 36.0 Å². The Morgan fingerprint density at radius 2 is 1.51 bits per heavy atom. The van der Waals surface area contributed by atoms with Crippen molar-refractivity contribution in [1.29, 1.82) is 0 Å². The van der Waals surface area contributed by atoms with E-state index in [0.717, 1.165) is 16.5 Å². The van der Waals surface area contributed by atoms with Crippen LogP contribution < -0.4 is 21.7 Å². The molecule has 0 saturated heterocycles. The second-order valence-electron chi connectivity index (χ2n) is 9.10. The Morgan fingerprint density at radius 3 is 2.11 bits per heavy atom. The highest BCUT2D eigenvalue weighted by Gasteiger charge is 2.32. The van der Waals surface area contributed by atoms with Crippen LogP contribution in [0.3, 0.4) is 0 Å². The van der Waals surface area contributed by atoms with E-state index in [1.165, 1.54) is 0 Å². The summed E-state index contributed by atoms with van der Waals surface area (Å²) >= 11 is 0. The lowest BCUT2D eigenvalue weighted by atomic mass is 10.0. The topological polar surface area (TPSA) is 224 Å². The zero-order valence-corrected chi connectivity index (χ0v) is 20.6. The van der Waals surface area contributed by atoms with Crippen LogP contribution in [0.2, 0.25) is 0 Å². The van der Waals surface area contributed by atoms with Crippen molar-refractivity contribution < 1.29 is 39.3 Å². The average molecular weight is 520 g/mol. The van der Waals surface area contributed by atoms with Gasteiger partial charge in [-0.15, -0.1) is 0 Å². The van der Waals surface area contributed by atoms with Crippen LogP contribution in [0, 0.1) is 5.92 Å². The molecule has 2 aromatic rings. The number of benzene rings is 1. The molecule has 4 unspecified atom stereocenters. The molecule has 202 valence electrons. The number of aromatic nitrogens is 1. The van der Waals surface area contributed by atoms with Gasteiger partial charge >= 0.3 is 11.9 Å². The number of nitrogens with one attached hydrogen (secondary N) is 4. The number of carbonyl (C=O) groups is 5. The molecular formula is C24H33N5O8. The van der Waals surface area contributed by atoms with Gasteiger partial charge in [0.2, 0.25) is 17.7 Å². The van der Waals surface area contributed by atoms with E-state index in [-0.39, 0.29) is 18.8 Å². The molecule has 0 saturated carbocycles. The molecule has 37 heavy (non-hydrogen) atoms. The van der Waals surface area contributed by atoms with Crippen molar-refractivity contribution in [2.45, 2.75) is 57.3 Å². The van der Waals surface area contributed by atoms with E-state index in [2.05, 4.69) is 15.6 Å². The van der Waals surface area contributed by atoms with Crippen LogP contribution >= 0.6 is 0 Å². The number of H-pyrrole nitrogens is 1. The smallest absolute Gasteiger partial charge is 0.328 e. The third kappa shape index (κ3) is 8.58. The highest BCUT2D eigenvalue weighted by molar-refractivity contribution is 5.95. The monoisotopic (exact) mass is 519 g/mol. The summed E-state index contributed by atoms with van der Waals surface area (Å²) < 4.78 is 0. The van der Waals surface area contributed by atoms with Crippen LogP contribution in [0.1, 0.15) is 32.3 Å². The van der Waals surface area contributed by atoms with Crippen LogP contribution in [0.4, 0.5) is 0 Å². The van der Waals surface area contributed by atoms with E-state index in [1.54, 1.807) is 20.0 Å². The molecule has 9 N–H and O–H groups in total. The number of carbonyl (C=O) groups excluding carboxylic acids is 3. The summed E-state index contributed by atoms with van der Waals surface area (Å²) in [7, 11) is 0. The fraction of sp³-hybridized carbons (Fsp3) is 0.458. The van der Waals surface area contributed by atoms with Crippen LogP contribution in [-0.2, 0) is 30.4 Å². The number of aliphatic hydroxyl groups excluding tert-OH is 1. The van der Waals surface area contributed by atoms with Gasteiger partial charge in [-0.05, 0) is 30.4 Å². The molecule has 13 heteroatoms. The SMILES string of the molecule is CC(C)CC(NC(=O)C(N)Cc1c[nH]c2ccccc12)C(=O)NC(CC(=O)O)C(=O)NC(CO)C(=O)O. The van der Waals surface area contributed by atoms with Crippen LogP contribution in [0.15, 0.2) is 30.5 Å². The third-order valence-corrected chi connectivity index (χ3v) is 5.60. The number of nitrogens with two attached hydrogens (primary N) is 1. The van der Waals surface area contributed by atoms with Gasteiger partial charge in [0.15, 0.2) is 0 Å². The van der Waals surface area contributed by atoms with Crippen molar-refractivity contribution >= 4 is 40.6 Å². The Hall–Kier alpha value is -3.97. The van der Waals surface area contributed by atoms with Crippen LogP contribution in [-0.4, -0.2) is 80.7 Å². The predicted molar refractivity (Wildman–Crippen MR) is 132 cm³/mol. The maximum atomic E-state index is 13.0. The van der Waals surface area contributed by atoms with E-state index in [9.17, 15) is 24.0 Å². The minimum atomic E-state index is -1.69. The van der Waals surface area contributed by atoms with Crippen molar-refractivity contribution in [1.82, 2.24) is 20.9 Å². The van der Waals surface area contributed by atoms with Gasteiger partial charge < -0.3 is 42.0 Å². The molecule has 0 aliphatic carbocycles. The van der Waals surface area contributed by atoms with E-state index in [4.69, 9.17) is 21.1 Å². The average Bonchev–Trinajstić information content (AvgIpc) is 3.23. The first kappa shape index (κ1) is 29.3. The Bertz CT molecular complexity index is 1130. The molecule has 0 bridgehead atoms. The molecule has 2 rings (SSSR count). The molecule has 0 aliphatic rings. The summed E-state index contributed by atoms with van der Waals surface area (Å²) in [5, 5.41) is 35.0. The summed E-state index contributed by atoms with van der Waals surface area (Å²) in [6.07, 6.45) is 1.25. The number of aliphatic hydroxyl groups is 1. The first-order valence-electron chi connectivity index (χ1n) is 11.7. The molecule has 4 atom stereocenters. The highest BCUT2D eigenvalue weighted by Crippen LogP contribution is 2.19. The Morgan fingerprint density at radius 1 is 0.919 bits per heavy atom. The lowest BCUT2D eigenvalue weighted by Gasteiger charge is -2.25. The van der Waals surface area contributed by atoms with Crippen molar-refractivity contribution in [3.8, 4) is 0 Å². The number of fused-ring (bicyclic) bond motifs is 1. The lowest BCUT2D eigenvalue weighted by Crippen LogP contribution is -2.58. The van der Waals surface area contributed by atoms with Gasteiger partial charge in [-0.25, -0.2) is 4.79 Å². The van der Waals surface area contributed by atoms with E-state index in [1.807, 2.05) is 29.6 Å². The summed E-state index contributed by atoms with van der Waals surface area (Å²) in [5.41, 5.74) is 7.82. The molecule has 1 aromatic carbocycles. The number of hydrogen-bond acceptors (Lipinski definition) is 7. The van der Waals surface area contributed by atoms with Crippen molar-refractivity contribution in [2.24, 2.45) is 11.7 Å². The zero-order valence-electron chi connectivity index (χ0n) is 20.6. The van der Waals surface area contributed by atoms with Gasteiger partial charge in [0, 0.05) is 17.1 Å². The fourth-order valence-corrected chi connectivity index (χ4v) is 3.73. The van der Waals surface area contributed by atoms with Gasteiger partial charge in [-0.2, -0.15) is 0 Å². The number of rotatable bonds is 14. The Labute approximate surface area is 212 Å². The lowest BCUT2D eigenvalue weighted by molar-refractivity contribution is -0.144. The largest absolute Gasteiger partial charge is 0.481 e. The molecule has 1 aromatic heterocycles. The first-order chi connectivity index (χ1) is 17.4. The van der Waals surface area contributed by atoms with E-state index < -0.39 is 66.9 Å². The maximum Gasteiger partial charge on any atom is 0.328 e. The standard InChI is InChI=1S/C24H33N5O8/c1-12(2)7-17(22(34)28-18(9-20(31)32)23(35)29-19(11-30)24(36)37)27-21(33)15(25)8-13-10-26-16-6-4-3-5-14(13)16/h3-6,10,12,15,17-19,26,30H,7-9,11,25H2,1-2H3,(H,27,33)(H,28,34)(H,29,35)(H,31,32)(H,36,37). The first-order valence-corrected chi connectivity index (χ1v) is 11.7. The second kappa shape index (κ2) is 13.4. The minimum absolute atomic E-state index is 0.0709. The molecule has 0 spiro atoms. The van der Waals surface area contributed by atoms with Gasteiger partial charge in [0.05, 0.1) is 19.1 Å². The van der Waals surface area contributed by atoms with Gasteiger partial charge in [0.25, 0.3) is 0 Å². The molecule has 3 amide bonds. The normalized spacial score (nSPS) is 14.4. The molecule has 0 radical (unpaired) electrons. The molecule has 1 heterocycles. The zero-order chi connectivity index (χ0) is 27.7. The number of hydrogen-bond donors (Lipinski definition) is 8. The minimum Gasteiger partial charge on any atom is -0.481 e. The summed E-state index contributed by atoms with van der Waals surface area (Å²) in [6.45, 7) is 2.67. The number of carboxylic acids is 2. The summed E-state index contributed by atoms with van der Waals surface area (Å²) in [5.74, 6) is -5.59.